The van der Waals surface area contributed by atoms with Crippen LogP contribution in [0.3, 0.4) is 0 Å². The Hall–Kier alpha value is -0.780. The minimum absolute atomic E-state index is 0.544. The molecule has 0 aromatic rings. The van der Waals surface area contributed by atoms with Crippen molar-refractivity contribution in [3.8, 4) is 0 Å². The van der Waals surface area contributed by atoms with Crippen molar-refractivity contribution < 1.29 is 0 Å². The third kappa shape index (κ3) is 3.95. The highest BCUT2D eigenvalue weighted by molar-refractivity contribution is 5.20. The third-order valence-corrected chi connectivity index (χ3v) is 2.92. The van der Waals surface area contributed by atoms with Crippen molar-refractivity contribution in [3.63, 3.8) is 0 Å². The summed E-state index contributed by atoms with van der Waals surface area (Å²) in [5, 5.41) is 0. The lowest BCUT2D eigenvalue weighted by Gasteiger charge is -2.18. The molecule has 0 nitrogen and oxygen atoms in total. The van der Waals surface area contributed by atoms with Crippen LogP contribution < -0.4 is 0 Å². The predicted octanol–water partition coefficient (Wildman–Crippen LogP) is 4.60. The van der Waals surface area contributed by atoms with Crippen molar-refractivity contribution in [2.75, 3.05) is 0 Å². The molecular weight excluding hydrogens is 168 g/mol. The van der Waals surface area contributed by atoms with Crippen molar-refractivity contribution in [1.29, 1.82) is 0 Å². The molecule has 2 atom stereocenters. The molecule has 0 saturated carbocycles. The average Bonchev–Trinajstić information content (AvgIpc) is 2.11. The fourth-order valence-electron chi connectivity index (χ4n) is 1.39. The van der Waals surface area contributed by atoms with Crippen LogP contribution in [0.2, 0.25) is 0 Å². The second-order valence-corrected chi connectivity index (χ2v) is 4.52. The van der Waals surface area contributed by atoms with Gasteiger partial charge in [-0.1, -0.05) is 58.6 Å². The molecule has 0 rings (SSSR count). The summed E-state index contributed by atoms with van der Waals surface area (Å²) in [6.07, 6.45) is 4.28. The molecule has 0 saturated heterocycles. The van der Waals surface area contributed by atoms with Crippen LogP contribution in [0.5, 0.6) is 0 Å². The van der Waals surface area contributed by atoms with Gasteiger partial charge in [0.1, 0.15) is 0 Å². The average molecular weight is 192 g/mol. The topological polar surface area (TPSA) is 0 Å². The van der Waals surface area contributed by atoms with Gasteiger partial charge in [0.2, 0.25) is 0 Å². The fourth-order valence-corrected chi connectivity index (χ4v) is 1.39. The molecule has 0 aliphatic rings. The Morgan fingerprint density at radius 3 is 1.93 bits per heavy atom. The van der Waals surface area contributed by atoms with Crippen molar-refractivity contribution in [2.45, 2.75) is 34.6 Å². The Bertz CT molecular complexity index is 230. The summed E-state index contributed by atoms with van der Waals surface area (Å²) < 4.78 is 0. The normalized spacial score (nSPS) is 16.6. The van der Waals surface area contributed by atoms with Gasteiger partial charge in [0.15, 0.2) is 0 Å². The van der Waals surface area contributed by atoms with Gasteiger partial charge in [0.25, 0.3) is 0 Å². The van der Waals surface area contributed by atoms with Gasteiger partial charge in [-0.15, -0.1) is 0 Å². The van der Waals surface area contributed by atoms with Gasteiger partial charge >= 0.3 is 0 Å². The fraction of sp³-hybridized carbons (Fsp3) is 0.571. The van der Waals surface area contributed by atoms with Crippen molar-refractivity contribution in [2.24, 2.45) is 17.8 Å². The summed E-state index contributed by atoms with van der Waals surface area (Å²) in [5.74, 6) is 1.65. The molecule has 0 amide bonds. The molecule has 0 N–H and O–H groups in total. The predicted molar refractivity (Wildman–Crippen MR) is 66.3 cm³/mol. The van der Waals surface area contributed by atoms with Gasteiger partial charge in [0, 0.05) is 0 Å². The molecule has 0 aromatic carbocycles. The van der Waals surface area contributed by atoms with Crippen LogP contribution in [-0.2, 0) is 0 Å². The van der Waals surface area contributed by atoms with Crippen LogP contribution in [0.25, 0.3) is 0 Å². The first-order valence-electron chi connectivity index (χ1n) is 5.39. The van der Waals surface area contributed by atoms with E-state index in [0.717, 1.165) is 0 Å². The molecule has 0 aliphatic heterocycles. The minimum atomic E-state index is 0.544. The van der Waals surface area contributed by atoms with Gasteiger partial charge in [-0.25, -0.2) is 0 Å². The van der Waals surface area contributed by atoms with E-state index >= 15 is 0 Å². The zero-order chi connectivity index (χ0) is 11.3. The Kier molecular flexibility index (Phi) is 5.52. The first kappa shape index (κ1) is 13.2. The zero-order valence-electron chi connectivity index (χ0n) is 10.3. The van der Waals surface area contributed by atoms with Crippen LogP contribution in [0.4, 0.5) is 0 Å². The summed E-state index contributed by atoms with van der Waals surface area (Å²) in [6, 6.07) is 0. The maximum absolute atomic E-state index is 4.00. The second-order valence-electron chi connectivity index (χ2n) is 4.52. The first-order valence-corrected chi connectivity index (χ1v) is 5.39. The number of allylic oxidation sites excluding steroid dienone is 4. The molecule has 2 unspecified atom stereocenters. The monoisotopic (exact) mass is 192 g/mol. The van der Waals surface area contributed by atoms with Crippen molar-refractivity contribution in [3.05, 3.63) is 36.5 Å². The van der Waals surface area contributed by atoms with E-state index in [-0.39, 0.29) is 0 Å². The SMILES string of the molecule is C=CC(=CC(C)C(C)C(=C)C)C(C)C. The van der Waals surface area contributed by atoms with E-state index in [1.807, 2.05) is 6.08 Å². The summed E-state index contributed by atoms with van der Waals surface area (Å²) in [4.78, 5) is 0. The van der Waals surface area contributed by atoms with E-state index < -0.39 is 0 Å². The molecule has 0 heterocycles. The summed E-state index contributed by atoms with van der Waals surface area (Å²) in [5.41, 5.74) is 2.59. The van der Waals surface area contributed by atoms with Crippen LogP contribution in [0, 0.1) is 17.8 Å². The van der Waals surface area contributed by atoms with Gasteiger partial charge < -0.3 is 0 Å². The standard InChI is InChI=1S/C14H24/c1-8-14(11(4)5)9-12(6)13(7)10(2)3/h8-9,11-13H,1-2H2,3-7H3. The molecule has 0 aromatic heterocycles. The molecule has 0 spiro atoms. The second kappa shape index (κ2) is 5.85. The maximum atomic E-state index is 4.00. The third-order valence-electron chi connectivity index (χ3n) is 2.92. The lowest BCUT2D eigenvalue weighted by atomic mass is 9.87. The molecule has 0 bridgehead atoms. The minimum Gasteiger partial charge on any atom is -0.0998 e. The molecule has 0 fully saturated rings. The molecule has 14 heavy (non-hydrogen) atoms. The summed E-state index contributed by atoms with van der Waals surface area (Å²) in [6.45, 7) is 18.8. The van der Waals surface area contributed by atoms with Gasteiger partial charge in [-0.05, 0) is 30.3 Å². The van der Waals surface area contributed by atoms with Crippen LogP contribution in [0.15, 0.2) is 36.5 Å². The van der Waals surface area contributed by atoms with E-state index in [9.17, 15) is 0 Å². The largest absolute Gasteiger partial charge is 0.0998 e. The van der Waals surface area contributed by atoms with Crippen LogP contribution in [0.1, 0.15) is 34.6 Å². The summed E-state index contributed by atoms with van der Waals surface area (Å²) in [7, 11) is 0. The van der Waals surface area contributed by atoms with Gasteiger partial charge in [0.05, 0.1) is 0 Å². The first-order chi connectivity index (χ1) is 6.40. The lowest BCUT2D eigenvalue weighted by Crippen LogP contribution is -2.07. The van der Waals surface area contributed by atoms with Gasteiger partial charge in [-0.2, -0.15) is 0 Å². The Morgan fingerprint density at radius 1 is 1.14 bits per heavy atom. The molecule has 0 aliphatic carbocycles. The highest BCUT2D eigenvalue weighted by Gasteiger charge is 2.11. The molecule has 80 valence electrons. The number of hydrogen-bond donors (Lipinski definition) is 0. The number of hydrogen-bond acceptors (Lipinski definition) is 0. The Balaban J connectivity index is 4.61. The van der Waals surface area contributed by atoms with E-state index in [4.69, 9.17) is 0 Å². The van der Waals surface area contributed by atoms with E-state index in [1.165, 1.54) is 11.1 Å². The Labute approximate surface area is 89.4 Å². The van der Waals surface area contributed by atoms with E-state index in [0.29, 0.717) is 17.8 Å². The van der Waals surface area contributed by atoms with Crippen LogP contribution >= 0.6 is 0 Å². The van der Waals surface area contributed by atoms with E-state index in [1.54, 1.807) is 0 Å². The lowest BCUT2D eigenvalue weighted by molar-refractivity contribution is 0.525. The molecule has 0 radical (unpaired) electrons. The van der Waals surface area contributed by atoms with E-state index in [2.05, 4.69) is 53.9 Å². The molecular formula is C14H24. The van der Waals surface area contributed by atoms with Crippen LogP contribution in [-0.4, -0.2) is 0 Å². The smallest absolute Gasteiger partial charge is 0.0177 e. The highest BCUT2D eigenvalue weighted by Crippen LogP contribution is 2.23. The number of rotatable bonds is 5. The van der Waals surface area contributed by atoms with Crippen molar-refractivity contribution >= 4 is 0 Å². The highest BCUT2D eigenvalue weighted by atomic mass is 14.2. The molecule has 0 heteroatoms. The quantitative estimate of drug-likeness (QED) is 0.441. The van der Waals surface area contributed by atoms with Gasteiger partial charge in [-0.3, -0.25) is 0 Å². The zero-order valence-corrected chi connectivity index (χ0v) is 10.3. The summed E-state index contributed by atoms with van der Waals surface area (Å²) >= 11 is 0. The van der Waals surface area contributed by atoms with Crippen molar-refractivity contribution in [1.82, 2.24) is 0 Å². The maximum Gasteiger partial charge on any atom is -0.0177 e. The Morgan fingerprint density at radius 2 is 1.64 bits per heavy atom.